The molecule has 0 radical (unpaired) electrons. The Morgan fingerprint density at radius 3 is 2.65 bits per heavy atom. The predicted molar refractivity (Wildman–Crippen MR) is 100 cm³/mol. The van der Waals surface area contributed by atoms with E-state index in [0.29, 0.717) is 24.3 Å². The van der Waals surface area contributed by atoms with Crippen LogP contribution in [0.1, 0.15) is 70.4 Å². The molecule has 1 aromatic rings. The highest BCUT2D eigenvalue weighted by Crippen LogP contribution is 2.38. The number of likely N-dealkylation sites (tertiary alicyclic amines) is 1. The lowest BCUT2D eigenvalue weighted by molar-refractivity contribution is 0.0260. The number of rotatable bonds is 3. The monoisotopic (exact) mass is 358 g/mol. The minimum Gasteiger partial charge on any atom is -0.441 e. The molecule has 1 aromatic heterocycles. The zero-order valence-corrected chi connectivity index (χ0v) is 16.0. The van der Waals surface area contributed by atoms with Crippen molar-refractivity contribution < 1.29 is 9.53 Å². The van der Waals surface area contributed by atoms with Crippen LogP contribution >= 0.6 is 0 Å². The average Bonchev–Trinajstić information content (AvgIpc) is 2.98. The summed E-state index contributed by atoms with van der Waals surface area (Å²) in [6.07, 6.45) is 11.2. The first kappa shape index (κ1) is 17.7. The molecule has 142 valence electrons. The molecule has 1 atom stereocenters. The first-order chi connectivity index (χ1) is 12.6. The number of amides is 1. The Hall–Kier alpha value is -1.69. The van der Waals surface area contributed by atoms with Crippen LogP contribution in [0, 0.1) is 0 Å². The van der Waals surface area contributed by atoms with Gasteiger partial charge in [0.2, 0.25) is 0 Å². The minimum atomic E-state index is -0.295. The van der Waals surface area contributed by atoms with E-state index in [1.54, 1.807) is 11.1 Å². The molecule has 3 heterocycles. The lowest BCUT2D eigenvalue weighted by Crippen LogP contribution is -2.39. The van der Waals surface area contributed by atoms with Gasteiger partial charge in [-0.15, -0.1) is 0 Å². The normalized spacial score (nSPS) is 26.5. The second-order valence-corrected chi connectivity index (χ2v) is 8.43. The molecular weight excluding hydrogens is 328 g/mol. The Balaban J connectivity index is 1.45. The SMILES string of the molecule is CC(C)N1CCC[C@H](c2cnc(N3CC4(CCCCC4)OC3=O)cn2)C1. The maximum atomic E-state index is 12.4. The molecule has 2 saturated heterocycles. The molecule has 6 heteroatoms. The number of hydrogen-bond donors (Lipinski definition) is 0. The number of ether oxygens (including phenoxy) is 1. The van der Waals surface area contributed by atoms with Crippen molar-refractivity contribution in [3.63, 3.8) is 0 Å². The molecular formula is C20H30N4O2. The fraction of sp³-hybridized carbons (Fsp3) is 0.750. The Morgan fingerprint density at radius 2 is 1.96 bits per heavy atom. The molecule has 3 fully saturated rings. The second kappa shape index (κ2) is 7.14. The topological polar surface area (TPSA) is 58.6 Å². The van der Waals surface area contributed by atoms with Gasteiger partial charge < -0.3 is 9.64 Å². The van der Waals surface area contributed by atoms with Crippen molar-refractivity contribution in [3.05, 3.63) is 18.1 Å². The van der Waals surface area contributed by atoms with E-state index in [0.717, 1.165) is 44.3 Å². The van der Waals surface area contributed by atoms with Gasteiger partial charge >= 0.3 is 6.09 Å². The lowest BCUT2D eigenvalue weighted by atomic mass is 9.85. The maximum absolute atomic E-state index is 12.4. The molecule has 2 aliphatic heterocycles. The smallest absolute Gasteiger partial charge is 0.416 e. The van der Waals surface area contributed by atoms with Crippen molar-refractivity contribution in [2.45, 2.75) is 76.4 Å². The highest BCUT2D eigenvalue weighted by atomic mass is 16.6. The zero-order valence-electron chi connectivity index (χ0n) is 16.0. The van der Waals surface area contributed by atoms with E-state index >= 15 is 0 Å². The molecule has 0 N–H and O–H groups in total. The number of nitrogens with zero attached hydrogens (tertiary/aromatic N) is 4. The van der Waals surface area contributed by atoms with Gasteiger partial charge in [-0.25, -0.2) is 9.78 Å². The molecule has 0 aromatic carbocycles. The van der Waals surface area contributed by atoms with Crippen LogP contribution in [0.25, 0.3) is 0 Å². The summed E-state index contributed by atoms with van der Waals surface area (Å²) in [7, 11) is 0. The van der Waals surface area contributed by atoms with Crippen molar-refractivity contribution in [1.82, 2.24) is 14.9 Å². The maximum Gasteiger partial charge on any atom is 0.416 e. The highest BCUT2D eigenvalue weighted by Gasteiger charge is 2.46. The number of carbonyl (C=O) groups is 1. The van der Waals surface area contributed by atoms with Gasteiger partial charge in [0.1, 0.15) is 5.60 Å². The summed E-state index contributed by atoms with van der Waals surface area (Å²) in [5.74, 6) is 1.06. The van der Waals surface area contributed by atoms with Gasteiger partial charge in [-0.3, -0.25) is 9.88 Å². The van der Waals surface area contributed by atoms with E-state index in [1.807, 2.05) is 6.20 Å². The Morgan fingerprint density at radius 1 is 1.15 bits per heavy atom. The van der Waals surface area contributed by atoms with Gasteiger partial charge in [-0.2, -0.15) is 0 Å². The second-order valence-electron chi connectivity index (χ2n) is 8.43. The van der Waals surface area contributed by atoms with Crippen LogP contribution in [-0.4, -0.2) is 52.2 Å². The van der Waals surface area contributed by atoms with Crippen LogP contribution in [-0.2, 0) is 4.74 Å². The number of anilines is 1. The molecule has 0 unspecified atom stereocenters. The standard InChI is InChI=1S/C20H30N4O2/c1-15(2)23-10-6-7-16(13-23)17-11-22-18(12-21-17)24-14-20(26-19(24)25)8-4-3-5-9-20/h11-12,15-16H,3-10,13-14H2,1-2H3/t16-/m0/s1. The third kappa shape index (κ3) is 3.43. The first-order valence-corrected chi connectivity index (χ1v) is 10.1. The van der Waals surface area contributed by atoms with Crippen molar-refractivity contribution in [2.75, 3.05) is 24.5 Å². The van der Waals surface area contributed by atoms with Crippen LogP contribution in [0.2, 0.25) is 0 Å². The number of carbonyl (C=O) groups excluding carboxylic acids is 1. The van der Waals surface area contributed by atoms with Crippen molar-refractivity contribution in [2.24, 2.45) is 0 Å². The van der Waals surface area contributed by atoms with Crippen LogP contribution in [0.5, 0.6) is 0 Å². The summed E-state index contributed by atoms with van der Waals surface area (Å²) in [5, 5.41) is 0. The van der Waals surface area contributed by atoms with E-state index in [-0.39, 0.29) is 11.7 Å². The molecule has 6 nitrogen and oxygen atoms in total. The summed E-state index contributed by atoms with van der Waals surface area (Å²) in [5.41, 5.74) is 0.746. The minimum absolute atomic E-state index is 0.266. The summed E-state index contributed by atoms with van der Waals surface area (Å²) in [6.45, 7) is 7.32. The molecule has 1 aliphatic carbocycles. The van der Waals surface area contributed by atoms with Gasteiger partial charge in [-0.1, -0.05) is 6.42 Å². The number of hydrogen-bond acceptors (Lipinski definition) is 5. The average molecular weight is 358 g/mol. The fourth-order valence-corrected chi connectivity index (χ4v) is 4.65. The highest BCUT2D eigenvalue weighted by molar-refractivity contribution is 5.89. The van der Waals surface area contributed by atoms with E-state index in [1.165, 1.54) is 19.4 Å². The van der Waals surface area contributed by atoms with E-state index in [2.05, 4.69) is 28.7 Å². The van der Waals surface area contributed by atoms with Gasteiger partial charge in [0, 0.05) is 18.5 Å². The van der Waals surface area contributed by atoms with Gasteiger partial charge in [0.25, 0.3) is 0 Å². The van der Waals surface area contributed by atoms with Crippen molar-refractivity contribution in [3.8, 4) is 0 Å². The number of piperidine rings is 1. The molecule has 0 bridgehead atoms. The molecule has 4 rings (SSSR count). The third-order valence-electron chi connectivity index (χ3n) is 6.27. The Bertz CT molecular complexity index is 640. The lowest BCUT2D eigenvalue weighted by Gasteiger charge is -2.35. The van der Waals surface area contributed by atoms with Crippen molar-refractivity contribution >= 4 is 11.9 Å². The molecule has 1 saturated carbocycles. The van der Waals surface area contributed by atoms with Gasteiger partial charge in [-0.05, 0) is 58.9 Å². The summed E-state index contributed by atoms with van der Waals surface area (Å²) < 4.78 is 5.76. The Labute approximate surface area is 155 Å². The summed E-state index contributed by atoms with van der Waals surface area (Å²) >= 11 is 0. The van der Waals surface area contributed by atoms with E-state index < -0.39 is 0 Å². The van der Waals surface area contributed by atoms with Crippen LogP contribution in [0.4, 0.5) is 10.6 Å². The van der Waals surface area contributed by atoms with Crippen molar-refractivity contribution in [1.29, 1.82) is 0 Å². The molecule has 26 heavy (non-hydrogen) atoms. The van der Waals surface area contributed by atoms with Gasteiger partial charge in [0.15, 0.2) is 5.82 Å². The first-order valence-electron chi connectivity index (χ1n) is 10.1. The predicted octanol–water partition coefficient (Wildman–Crippen LogP) is 3.72. The van der Waals surface area contributed by atoms with Crippen LogP contribution in [0.3, 0.4) is 0 Å². The molecule has 1 spiro atoms. The fourth-order valence-electron chi connectivity index (χ4n) is 4.65. The quantitative estimate of drug-likeness (QED) is 0.824. The molecule has 1 amide bonds. The van der Waals surface area contributed by atoms with E-state index in [9.17, 15) is 4.79 Å². The van der Waals surface area contributed by atoms with Crippen LogP contribution in [0.15, 0.2) is 12.4 Å². The molecule has 3 aliphatic rings. The Kier molecular flexibility index (Phi) is 4.86. The third-order valence-corrected chi connectivity index (χ3v) is 6.27. The zero-order chi connectivity index (χ0) is 18.1. The van der Waals surface area contributed by atoms with E-state index in [4.69, 9.17) is 4.74 Å². The summed E-state index contributed by atoms with van der Waals surface area (Å²) in [6, 6.07) is 0.566. The van der Waals surface area contributed by atoms with Gasteiger partial charge in [0.05, 0.1) is 24.6 Å². The summed E-state index contributed by atoms with van der Waals surface area (Å²) in [4.78, 5) is 25.8. The van der Waals surface area contributed by atoms with Crippen LogP contribution < -0.4 is 4.90 Å². The number of aromatic nitrogens is 2. The largest absolute Gasteiger partial charge is 0.441 e.